The summed E-state index contributed by atoms with van der Waals surface area (Å²) in [5.41, 5.74) is 0. The van der Waals surface area contributed by atoms with Gasteiger partial charge in [0.15, 0.2) is 0 Å². The van der Waals surface area contributed by atoms with Gasteiger partial charge in [0.1, 0.15) is 6.54 Å². The highest BCUT2D eigenvalue weighted by Crippen LogP contribution is 2.01. The summed E-state index contributed by atoms with van der Waals surface area (Å²) in [5, 5.41) is 8.88. The molecule has 1 N–H and O–H groups in total. The first kappa shape index (κ1) is 18.7. The van der Waals surface area contributed by atoms with Crippen LogP contribution in [0.25, 0.3) is 0 Å². The van der Waals surface area contributed by atoms with Crippen LogP contribution in [-0.4, -0.2) is 92.3 Å². The van der Waals surface area contributed by atoms with Gasteiger partial charge in [0.2, 0.25) is 0 Å². The molecule has 0 aromatic rings. The Bertz CT molecular complexity index is 297. The monoisotopic (exact) mass is 289 g/mol. The summed E-state index contributed by atoms with van der Waals surface area (Å²) < 4.78 is 4.92. The molecule has 0 saturated carbocycles. The van der Waals surface area contributed by atoms with E-state index in [0.29, 0.717) is 19.7 Å². The maximum Gasteiger partial charge on any atom is 0.323 e. The van der Waals surface area contributed by atoms with Gasteiger partial charge in [-0.05, 0) is 34.0 Å². The lowest BCUT2D eigenvalue weighted by molar-refractivity contribution is -0.137. The number of hydrogen-bond acceptors (Lipinski definition) is 4. The molecule has 20 heavy (non-hydrogen) atoms. The maximum absolute atomic E-state index is 12.3. The lowest BCUT2D eigenvalue weighted by Crippen LogP contribution is -2.47. The van der Waals surface area contributed by atoms with Crippen molar-refractivity contribution in [3.8, 4) is 0 Å². The average molecular weight is 289 g/mol. The molecule has 118 valence electrons. The molecule has 0 atom stereocenters. The molecule has 2 amide bonds. The molecule has 0 spiro atoms. The second-order valence-electron chi connectivity index (χ2n) is 4.83. The molecule has 0 bridgehead atoms. The molecule has 0 fully saturated rings. The number of urea groups is 1. The van der Waals surface area contributed by atoms with Crippen LogP contribution in [0.4, 0.5) is 4.79 Å². The van der Waals surface area contributed by atoms with Crippen molar-refractivity contribution in [3.05, 3.63) is 0 Å². The molecular weight excluding hydrogens is 262 g/mol. The van der Waals surface area contributed by atoms with E-state index in [1.807, 2.05) is 21.0 Å². The van der Waals surface area contributed by atoms with Gasteiger partial charge in [-0.3, -0.25) is 4.79 Å². The minimum absolute atomic E-state index is 0.245. The van der Waals surface area contributed by atoms with E-state index in [4.69, 9.17) is 9.84 Å². The first-order chi connectivity index (χ1) is 9.42. The van der Waals surface area contributed by atoms with Crippen LogP contribution in [0.2, 0.25) is 0 Å². The van der Waals surface area contributed by atoms with Crippen LogP contribution >= 0.6 is 0 Å². The van der Waals surface area contributed by atoms with Crippen molar-refractivity contribution in [2.75, 3.05) is 60.5 Å². The van der Waals surface area contributed by atoms with Crippen LogP contribution < -0.4 is 0 Å². The van der Waals surface area contributed by atoms with E-state index in [9.17, 15) is 9.59 Å². The number of methoxy groups -OCH3 is 1. The average Bonchev–Trinajstić information content (AvgIpc) is 2.38. The zero-order chi connectivity index (χ0) is 15.5. The quantitative estimate of drug-likeness (QED) is 0.631. The normalized spacial score (nSPS) is 10.7. The molecule has 0 aromatic carbocycles. The van der Waals surface area contributed by atoms with Gasteiger partial charge in [0.25, 0.3) is 0 Å². The molecule has 0 unspecified atom stereocenters. The van der Waals surface area contributed by atoms with Gasteiger partial charge in [-0.15, -0.1) is 0 Å². The number of amides is 2. The van der Waals surface area contributed by atoms with E-state index < -0.39 is 5.97 Å². The fourth-order valence-corrected chi connectivity index (χ4v) is 1.77. The highest BCUT2D eigenvalue weighted by Gasteiger charge is 2.21. The van der Waals surface area contributed by atoms with Gasteiger partial charge in [0.05, 0.1) is 6.61 Å². The molecular formula is C13H27N3O4. The molecule has 0 aliphatic heterocycles. The number of nitrogens with zero attached hydrogens (tertiary/aromatic N) is 3. The second-order valence-corrected chi connectivity index (χ2v) is 4.83. The van der Waals surface area contributed by atoms with Crippen molar-refractivity contribution in [1.29, 1.82) is 0 Å². The Morgan fingerprint density at radius 3 is 2.20 bits per heavy atom. The lowest BCUT2D eigenvalue weighted by Gasteiger charge is -2.29. The zero-order valence-corrected chi connectivity index (χ0v) is 13.0. The second kappa shape index (κ2) is 10.4. The molecule has 0 rings (SSSR count). The molecule has 0 aliphatic rings. The van der Waals surface area contributed by atoms with Gasteiger partial charge < -0.3 is 24.5 Å². The number of rotatable bonds is 10. The molecule has 0 saturated heterocycles. The van der Waals surface area contributed by atoms with Crippen molar-refractivity contribution in [1.82, 2.24) is 14.7 Å². The minimum Gasteiger partial charge on any atom is -0.480 e. The van der Waals surface area contributed by atoms with E-state index in [2.05, 4.69) is 4.90 Å². The summed E-state index contributed by atoms with van der Waals surface area (Å²) >= 11 is 0. The Balaban J connectivity index is 4.50. The standard InChI is InChI=1S/C13H27N3O4/c1-5-15(8-6-7-14(2)3)13(19)16(9-10-20-4)11-12(17)18/h5-11H2,1-4H3,(H,17,18). The van der Waals surface area contributed by atoms with E-state index in [-0.39, 0.29) is 19.1 Å². The SMILES string of the molecule is CCN(CCCN(C)C)C(=O)N(CCOC)CC(=O)O. The number of carbonyl (C=O) groups is 2. The fourth-order valence-electron chi connectivity index (χ4n) is 1.77. The molecule has 0 aliphatic carbocycles. The van der Waals surface area contributed by atoms with Gasteiger partial charge in [-0.25, -0.2) is 4.79 Å². The van der Waals surface area contributed by atoms with E-state index in [1.54, 1.807) is 4.90 Å². The topological polar surface area (TPSA) is 73.3 Å². The summed E-state index contributed by atoms with van der Waals surface area (Å²) in [6, 6.07) is -0.245. The Labute approximate surface area is 121 Å². The zero-order valence-electron chi connectivity index (χ0n) is 13.0. The minimum atomic E-state index is -1.02. The van der Waals surface area contributed by atoms with E-state index in [0.717, 1.165) is 13.0 Å². The van der Waals surface area contributed by atoms with Gasteiger partial charge in [0, 0.05) is 26.7 Å². The van der Waals surface area contributed by atoms with Crippen LogP contribution in [0.15, 0.2) is 0 Å². The van der Waals surface area contributed by atoms with Crippen molar-refractivity contribution in [2.24, 2.45) is 0 Å². The molecule has 7 heteroatoms. The van der Waals surface area contributed by atoms with Gasteiger partial charge >= 0.3 is 12.0 Å². The van der Waals surface area contributed by atoms with Gasteiger partial charge in [-0.2, -0.15) is 0 Å². The van der Waals surface area contributed by atoms with Crippen LogP contribution in [0, 0.1) is 0 Å². The summed E-state index contributed by atoms with van der Waals surface area (Å²) in [7, 11) is 5.49. The predicted octanol–water partition coefficient (Wildman–Crippen LogP) is 0.413. The number of carboxylic acids is 1. The van der Waals surface area contributed by atoms with Crippen molar-refractivity contribution in [2.45, 2.75) is 13.3 Å². The third kappa shape index (κ3) is 7.96. The molecule has 0 radical (unpaired) electrons. The third-order valence-electron chi connectivity index (χ3n) is 2.85. The fraction of sp³-hybridized carbons (Fsp3) is 0.846. The first-order valence-electron chi connectivity index (χ1n) is 6.81. The molecule has 7 nitrogen and oxygen atoms in total. The predicted molar refractivity (Wildman–Crippen MR) is 76.9 cm³/mol. The highest BCUT2D eigenvalue weighted by molar-refractivity contribution is 5.80. The number of carboxylic acid groups (broad SMARTS) is 1. The van der Waals surface area contributed by atoms with Gasteiger partial charge in [-0.1, -0.05) is 0 Å². The largest absolute Gasteiger partial charge is 0.480 e. The summed E-state index contributed by atoms with van der Waals surface area (Å²) in [6.45, 7) is 4.28. The maximum atomic E-state index is 12.3. The lowest BCUT2D eigenvalue weighted by atomic mass is 10.3. The number of ether oxygens (including phenoxy) is 1. The summed E-state index contributed by atoms with van der Waals surface area (Å²) in [4.78, 5) is 28.2. The molecule has 0 heterocycles. The smallest absolute Gasteiger partial charge is 0.323 e. The number of aliphatic carboxylic acids is 1. The Kier molecular flexibility index (Phi) is 9.75. The van der Waals surface area contributed by atoms with E-state index >= 15 is 0 Å². The van der Waals surface area contributed by atoms with Crippen LogP contribution in [0.3, 0.4) is 0 Å². The van der Waals surface area contributed by atoms with Crippen LogP contribution in [-0.2, 0) is 9.53 Å². The van der Waals surface area contributed by atoms with Crippen molar-refractivity contribution in [3.63, 3.8) is 0 Å². The van der Waals surface area contributed by atoms with Crippen LogP contribution in [0.5, 0.6) is 0 Å². The third-order valence-corrected chi connectivity index (χ3v) is 2.85. The first-order valence-corrected chi connectivity index (χ1v) is 6.81. The molecule has 0 aromatic heterocycles. The Hall–Kier alpha value is -1.34. The van der Waals surface area contributed by atoms with Crippen LogP contribution in [0.1, 0.15) is 13.3 Å². The number of hydrogen-bond donors (Lipinski definition) is 1. The summed E-state index contributed by atoms with van der Waals surface area (Å²) in [5.74, 6) is -1.02. The van der Waals surface area contributed by atoms with Crippen molar-refractivity contribution >= 4 is 12.0 Å². The highest BCUT2D eigenvalue weighted by atomic mass is 16.5. The summed E-state index contributed by atoms with van der Waals surface area (Å²) in [6.07, 6.45) is 0.859. The number of carbonyl (C=O) groups excluding carboxylic acids is 1. The van der Waals surface area contributed by atoms with E-state index in [1.165, 1.54) is 12.0 Å². The van der Waals surface area contributed by atoms with Crippen molar-refractivity contribution < 1.29 is 19.4 Å². The Morgan fingerprint density at radius 1 is 1.10 bits per heavy atom. The Morgan fingerprint density at radius 2 is 1.75 bits per heavy atom.